The smallest absolute Gasteiger partial charge is 0.146 e. The van der Waals surface area contributed by atoms with Crippen LogP contribution in [0.5, 0.6) is 0 Å². The fraction of sp³-hybridized carbons (Fsp3) is 0.875. The van der Waals surface area contributed by atoms with Crippen LogP contribution < -0.4 is 0 Å². The van der Waals surface area contributed by atoms with Crippen molar-refractivity contribution in [3.05, 3.63) is 12.2 Å². The van der Waals surface area contributed by atoms with E-state index < -0.39 is 0 Å². The highest BCUT2D eigenvalue weighted by atomic mass is 127. The van der Waals surface area contributed by atoms with Gasteiger partial charge in [-0.2, -0.15) is 0 Å². The Morgan fingerprint density at radius 1 is 0.789 bits per heavy atom. The second-order valence-corrected chi connectivity index (χ2v) is 5.87. The van der Waals surface area contributed by atoms with E-state index in [9.17, 15) is 0 Å². The van der Waals surface area contributed by atoms with E-state index in [1.165, 1.54) is 49.4 Å². The number of allylic oxidation sites excluding steroid dienone is 1. The van der Waals surface area contributed by atoms with Gasteiger partial charge in [0.2, 0.25) is 0 Å². The zero-order chi connectivity index (χ0) is 14.0. The fourth-order valence-electron chi connectivity index (χ4n) is 1.73. The first kappa shape index (κ1) is 19.4. The van der Waals surface area contributed by atoms with E-state index in [1.807, 2.05) is 0 Å². The van der Waals surface area contributed by atoms with E-state index in [2.05, 4.69) is 41.7 Å². The molecule has 0 aromatic carbocycles. The van der Waals surface area contributed by atoms with Crippen LogP contribution in [0.1, 0.15) is 64.7 Å². The van der Waals surface area contributed by atoms with Crippen molar-refractivity contribution in [1.29, 1.82) is 0 Å². The van der Waals surface area contributed by atoms with E-state index in [-0.39, 0.29) is 0 Å². The number of rotatable bonds is 15. The lowest BCUT2D eigenvalue weighted by atomic mass is 10.1. The first-order valence-electron chi connectivity index (χ1n) is 7.78. The number of hydrogen-bond donors (Lipinski definition) is 0. The summed E-state index contributed by atoms with van der Waals surface area (Å²) < 4.78 is 12.1. The zero-order valence-corrected chi connectivity index (χ0v) is 14.7. The molecule has 0 bridgehead atoms. The van der Waals surface area contributed by atoms with Gasteiger partial charge in [0, 0.05) is 6.61 Å². The summed E-state index contributed by atoms with van der Waals surface area (Å²) in [7, 11) is 0. The molecule has 19 heavy (non-hydrogen) atoms. The van der Waals surface area contributed by atoms with Crippen LogP contribution in [0.2, 0.25) is 0 Å². The second-order valence-electron chi connectivity index (χ2n) is 4.79. The van der Waals surface area contributed by atoms with Gasteiger partial charge in [0.1, 0.15) is 6.79 Å². The quantitative estimate of drug-likeness (QED) is 0.122. The van der Waals surface area contributed by atoms with Crippen molar-refractivity contribution < 1.29 is 9.47 Å². The average Bonchev–Trinajstić information content (AvgIpc) is 2.43. The van der Waals surface area contributed by atoms with Crippen molar-refractivity contribution in [2.45, 2.75) is 64.7 Å². The van der Waals surface area contributed by atoms with E-state index in [0.717, 1.165) is 26.1 Å². The van der Waals surface area contributed by atoms with Gasteiger partial charge in [-0.05, 0) is 36.5 Å². The van der Waals surface area contributed by atoms with Crippen LogP contribution in [0.3, 0.4) is 0 Å². The molecule has 0 aliphatic carbocycles. The molecule has 3 heteroatoms. The summed E-state index contributed by atoms with van der Waals surface area (Å²) in [6, 6.07) is 0. The standard InChI is InChI=1S/C16H31IO2/c1-2-3-11-14-18-16-19-15-12-9-7-5-4-6-8-10-13-17/h7,9H,2-6,8,10-16H2,1H3. The normalized spacial score (nSPS) is 11.5. The third-order valence-corrected chi connectivity index (χ3v) is 3.67. The molecule has 0 N–H and O–H groups in total. The summed E-state index contributed by atoms with van der Waals surface area (Å²) in [6.07, 6.45) is 15.8. The van der Waals surface area contributed by atoms with E-state index >= 15 is 0 Å². The van der Waals surface area contributed by atoms with Gasteiger partial charge in [-0.15, -0.1) is 0 Å². The summed E-state index contributed by atoms with van der Waals surface area (Å²) >= 11 is 2.45. The van der Waals surface area contributed by atoms with Crippen molar-refractivity contribution in [3.63, 3.8) is 0 Å². The number of halogens is 1. The number of alkyl halides is 1. The predicted octanol–water partition coefficient (Wildman–Crippen LogP) is 5.50. The molecule has 0 fully saturated rings. The lowest BCUT2D eigenvalue weighted by molar-refractivity contribution is -0.0531. The van der Waals surface area contributed by atoms with Crippen LogP contribution in [0.15, 0.2) is 12.2 Å². The molecule has 0 saturated carbocycles. The van der Waals surface area contributed by atoms with Gasteiger partial charge < -0.3 is 9.47 Å². The number of ether oxygens (including phenoxy) is 2. The first-order chi connectivity index (χ1) is 9.41. The molecule has 0 atom stereocenters. The average molecular weight is 382 g/mol. The Bertz CT molecular complexity index is 184. The van der Waals surface area contributed by atoms with Crippen molar-refractivity contribution in [2.24, 2.45) is 0 Å². The van der Waals surface area contributed by atoms with Gasteiger partial charge >= 0.3 is 0 Å². The maximum Gasteiger partial charge on any atom is 0.146 e. The third kappa shape index (κ3) is 18.4. The third-order valence-electron chi connectivity index (χ3n) is 2.91. The molecule has 0 spiro atoms. The van der Waals surface area contributed by atoms with E-state index in [0.29, 0.717) is 6.79 Å². The summed E-state index contributed by atoms with van der Waals surface area (Å²) in [5.74, 6) is 0. The largest absolute Gasteiger partial charge is 0.355 e. The highest BCUT2D eigenvalue weighted by molar-refractivity contribution is 14.1. The molecule has 2 nitrogen and oxygen atoms in total. The van der Waals surface area contributed by atoms with Gasteiger partial charge in [-0.25, -0.2) is 0 Å². The topological polar surface area (TPSA) is 18.5 Å². The molecule has 0 rings (SSSR count). The monoisotopic (exact) mass is 382 g/mol. The number of hydrogen-bond acceptors (Lipinski definition) is 2. The Morgan fingerprint density at radius 3 is 2.32 bits per heavy atom. The van der Waals surface area contributed by atoms with Crippen molar-refractivity contribution in [3.8, 4) is 0 Å². The molecule has 0 radical (unpaired) electrons. The molecule has 0 amide bonds. The van der Waals surface area contributed by atoms with Gasteiger partial charge in [0.25, 0.3) is 0 Å². The van der Waals surface area contributed by atoms with Crippen LogP contribution in [-0.2, 0) is 9.47 Å². The van der Waals surface area contributed by atoms with Gasteiger partial charge in [0.15, 0.2) is 0 Å². The molecule has 0 aliphatic heterocycles. The summed E-state index contributed by atoms with van der Waals surface area (Å²) in [5.41, 5.74) is 0. The SMILES string of the molecule is CCCCCOCOCCC=CCCCCCCI. The molecule has 0 aliphatic rings. The molecular formula is C16H31IO2. The fourth-order valence-corrected chi connectivity index (χ4v) is 2.27. The van der Waals surface area contributed by atoms with Crippen LogP contribution in [0, 0.1) is 0 Å². The van der Waals surface area contributed by atoms with Crippen molar-refractivity contribution in [2.75, 3.05) is 24.4 Å². The molecule has 0 unspecified atom stereocenters. The second kappa shape index (κ2) is 18.4. The maximum atomic E-state index is 5.40. The lowest BCUT2D eigenvalue weighted by Gasteiger charge is -2.03. The minimum absolute atomic E-state index is 0.452. The molecule has 0 aromatic rings. The van der Waals surface area contributed by atoms with Crippen molar-refractivity contribution in [1.82, 2.24) is 0 Å². The summed E-state index contributed by atoms with van der Waals surface area (Å²) in [5, 5.41) is 0. The Kier molecular flexibility index (Phi) is 18.8. The molecule has 114 valence electrons. The highest BCUT2D eigenvalue weighted by Gasteiger charge is 1.89. The van der Waals surface area contributed by atoms with E-state index in [4.69, 9.17) is 9.47 Å². The lowest BCUT2D eigenvalue weighted by Crippen LogP contribution is -2.02. The Balaban J connectivity index is 3.00. The van der Waals surface area contributed by atoms with Gasteiger partial charge in [-0.3, -0.25) is 0 Å². The summed E-state index contributed by atoms with van der Waals surface area (Å²) in [6.45, 7) is 4.26. The van der Waals surface area contributed by atoms with Crippen LogP contribution in [0.25, 0.3) is 0 Å². The molecule has 0 saturated heterocycles. The predicted molar refractivity (Wildman–Crippen MR) is 92.0 cm³/mol. The molecular weight excluding hydrogens is 351 g/mol. The minimum atomic E-state index is 0.452. The van der Waals surface area contributed by atoms with Crippen LogP contribution >= 0.6 is 22.6 Å². The van der Waals surface area contributed by atoms with Crippen molar-refractivity contribution >= 4 is 22.6 Å². The van der Waals surface area contributed by atoms with E-state index in [1.54, 1.807) is 0 Å². The zero-order valence-electron chi connectivity index (χ0n) is 12.5. The van der Waals surface area contributed by atoms with Crippen LogP contribution in [-0.4, -0.2) is 24.4 Å². The first-order valence-corrected chi connectivity index (χ1v) is 9.30. The highest BCUT2D eigenvalue weighted by Crippen LogP contribution is 2.05. The molecule has 0 heterocycles. The number of unbranched alkanes of at least 4 members (excludes halogenated alkanes) is 6. The summed E-state index contributed by atoms with van der Waals surface area (Å²) in [4.78, 5) is 0. The van der Waals surface area contributed by atoms with Gasteiger partial charge in [-0.1, -0.05) is 67.3 Å². The minimum Gasteiger partial charge on any atom is -0.355 e. The Hall–Kier alpha value is 0.390. The van der Waals surface area contributed by atoms with Gasteiger partial charge in [0.05, 0.1) is 6.61 Å². The Labute approximate surface area is 133 Å². The molecule has 0 aromatic heterocycles. The Morgan fingerprint density at radius 2 is 1.53 bits per heavy atom. The van der Waals surface area contributed by atoms with Crippen LogP contribution in [0.4, 0.5) is 0 Å². The maximum absolute atomic E-state index is 5.40.